The van der Waals surface area contributed by atoms with Gasteiger partial charge < -0.3 is 9.47 Å². The van der Waals surface area contributed by atoms with E-state index in [0.717, 1.165) is 16.7 Å². The molecule has 0 unspecified atom stereocenters. The maximum Gasteiger partial charge on any atom is 0.338 e. The van der Waals surface area contributed by atoms with E-state index >= 15 is 0 Å². The standard InChI is InChI=1S/C33H30Cl2N2O4S/c1-5-40-32(39)29-20(4)36-33-37(30(29)22-12-10-21(11-13-22)19(2)3)31(38)28(42-33)16-23-8-6-7-9-27(23)41-18-24-14-15-25(34)17-26(24)35/h6-17,19,30H,5,18H2,1-4H3/b28-16-/t30-/m1/s1. The summed E-state index contributed by atoms with van der Waals surface area (Å²) in [4.78, 5) is 32.4. The third-order valence-corrected chi connectivity index (χ3v) is 8.61. The van der Waals surface area contributed by atoms with Crippen LogP contribution in [-0.4, -0.2) is 17.1 Å². The van der Waals surface area contributed by atoms with E-state index in [-0.39, 0.29) is 18.8 Å². The fourth-order valence-electron chi connectivity index (χ4n) is 4.84. The zero-order valence-corrected chi connectivity index (χ0v) is 26.0. The largest absolute Gasteiger partial charge is 0.488 e. The monoisotopic (exact) mass is 620 g/mol. The number of rotatable bonds is 8. The molecule has 9 heteroatoms. The van der Waals surface area contributed by atoms with Crippen LogP contribution in [0.1, 0.15) is 61.9 Å². The van der Waals surface area contributed by atoms with Crippen molar-refractivity contribution in [2.45, 2.75) is 46.3 Å². The van der Waals surface area contributed by atoms with Crippen molar-refractivity contribution in [2.75, 3.05) is 6.61 Å². The van der Waals surface area contributed by atoms with Gasteiger partial charge in [0.25, 0.3) is 5.56 Å². The van der Waals surface area contributed by atoms with E-state index in [0.29, 0.717) is 42.3 Å². The number of halogens is 2. The first-order valence-corrected chi connectivity index (χ1v) is 15.2. The number of carbonyl (C=O) groups is 1. The molecule has 0 saturated heterocycles. The lowest BCUT2D eigenvalue weighted by Gasteiger charge is -2.25. The number of hydrogen-bond acceptors (Lipinski definition) is 6. The Morgan fingerprint density at radius 1 is 1.10 bits per heavy atom. The minimum Gasteiger partial charge on any atom is -0.488 e. The smallest absolute Gasteiger partial charge is 0.338 e. The Kier molecular flexibility index (Phi) is 9.02. The van der Waals surface area contributed by atoms with Crippen molar-refractivity contribution in [1.82, 2.24) is 4.57 Å². The minimum atomic E-state index is -0.665. The summed E-state index contributed by atoms with van der Waals surface area (Å²) in [5, 5.41) is 1.07. The lowest BCUT2D eigenvalue weighted by molar-refractivity contribution is -0.139. The van der Waals surface area contributed by atoms with Gasteiger partial charge in [-0.3, -0.25) is 9.36 Å². The summed E-state index contributed by atoms with van der Waals surface area (Å²) in [6, 6.07) is 20.1. The van der Waals surface area contributed by atoms with Gasteiger partial charge in [0.2, 0.25) is 0 Å². The van der Waals surface area contributed by atoms with Crippen molar-refractivity contribution in [3.8, 4) is 5.75 Å². The van der Waals surface area contributed by atoms with Crippen LogP contribution < -0.4 is 19.6 Å². The highest BCUT2D eigenvalue weighted by atomic mass is 35.5. The highest BCUT2D eigenvalue weighted by molar-refractivity contribution is 7.07. The van der Waals surface area contributed by atoms with E-state index in [1.54, 1.807) is 36.6 Å². The molecule has 0 saturated carbocycles. The number of esters is 1. The molecule has 4 aromatic rings. The number of para-hydroxylation sites is 1. The van der Waals surface area contributed by atoms with Crippen molar-refractivity contribution >= 4 is 46.6 Å². The van der Waals surface area contributed by atoms with Crippen molar-refractivity contribution < 1.29 is 14.3 Å². The number of hydrogen-bond donors (Lipinski definition) is 0. The van der Waals surface area contributed by atoms with Crippen LogP contribution in [0, 0.1) is 0 Å². The van der Waals surface area contributed by atoms with Gasteiger partial charge in [-0.05, 0) is 55.2 Å². The van der Waals surface area contributed by atoms with Gasteiger partial charge in [-0.2, -0.15) is 0 Å². The predicted molar refractivity (Wildman–Crippen MR) is 168 cm³/mol. The summed E-state index contributed by atoms with van der Waals surface area (Å²) in [5.74, 6) is 0.463. The van der Waals surface area contributed by atoms with Gasteiger partial charge in [-0.25, -0.2) is 9.79 Å². The zero-order chi connectivity index (χ0) is 30.0. The maximum atomic E-state index is 14.0. The van der Waals surface area contributed by atoms with Crippen LogP contribution in [0.15, 0.2) is 87.8 Å². The van der Waals surface area contributed by atoms with Crippen LogP contribution in [-0.2, 0) is 16.1 Å². The predicted octanol–water partition coefficient (Wildman–Crippen LogP) is 6.81. The van der Waals surface area contributed by atoms with Gasteiger partial charge in [-0.1, -0.05) is 96.9 Å². The van der Waals surface area contributed by atoms with Crippen LogP contribution in [0.4, 0.5) is 0 Å². The molecule has 216 valence electrons. The van der Waals surface area contributed by atoms with E-state index in [2.05, 4.69) is 18.8 Å². The molecule has 0 radical (unpaired) electrons. The topological polar surface area (TPSA) is 69.9 Å². The molecular weight excluding hydrogens is 591 g/mol. The number of fused-ring (bicyclic) bond motifs is 1. The molecule has 5 rings (SSSR count). The fourth-order valence-corrected chi connectivity index (χ4v) is 6.34. The molecule has 1 aliphatic heterocycles. The van der Waals surface area contributed by atoms with Crippen LogP contribution >= 0.6 is 34.5 Å². The van der Waals surface area contributed by atoms with Crippen LogP contribution in [0.2, 0.25) is 10.0 Å². The molecule has 0 amide bonds. The van der Waals surface area contributed by atoms with Gasteiger partial charge in [0, 0.05) is 21.2 Å². The summed E-state index contributed by atoms with van der Waals surface area (Å²) in [5.41, 5.74) is 4.14. The Morgan fingerprint density at radius 3 is 2.52 bits per heavy atom. The van der Waals surface area contributed by atoms with E-state index in [9.17, 15) is 9.59 Å². The highest BCUT2D eigenvalue weighted by Crippen LogP contribution is 2.32. The summed E-state index contributed by atoms with van der Waals surface area (Å²) in [7, 11) is 0. The van der Waals surface area contributed by atoms with Crippen molar-refractivity contribution in [3.05, 3.63) is 130 Å². The zero-order valence-electron chi connectivity index (χ0n) is 23.7. The highest BCUT2D eigenvalue weighted by Gasteiger charge is 2.33. The molecule has 6 nitrogen and oxygen atoms in total. The Balaban J connectivity index is 1.59. The molecule has 2 heterocycles. The number of ether oxygens (including phenoxy) is 2. The first kappa shape index (κ1) is 29.8. The van der Waals surface area contributed by atoms with Gasteiger partial charge >= 0.3 is 5.97 Å². The molecule has 42 heavy (non-hydrogen) atoms. The average molecular weight is 622 g/mol. The molecular formula is C33H30Cl2N2O4S. The molecule has 0 spiro atoms. The molecule has 1 aliphatic rings. The Labute approximate surface area is 258 Å². The van der Waals surface area contributed by atoms with Crippen LogP contribution in [0.25, 0.3) is 6.08 Å². The lowest BCUT2D eigenvalue weighted by Crippen LogP contribution is -2.39. The number of benzene rings is 3. The Morgan fingerprint density at radius 2 is 1.83 bits per heavy atom. The van der Waals surface area contributed by atoms with Gasteiger partial charge in [0.15, 0.2) is 4.80 Å². The molecule has 0 aliphatic carbocycles. The second-order valence-electron chi connectivity index (χ2n) is 10.2. The Hall–Kier alpha value is -3.65. The van der Waals surface area contributed by atoms with E-state index < -0.39 is 12.0 Å². The van der Waals surface area contributed by atoms with Gasteiger partial charge in [0.1, 0.15) is 12.4 Å². The number of thiazole rings is 1. The van der Waals surface area contributed by atoms with Crippen LogP contribution in [0.3, 0.4) is 0 Å². The second kappa shape index (κ2) is 12.7. The van der Waals surface area contributed by atoms with Crippen molar-refractivity contribution in [1.29, 1.82) is 0 Å². The summed E-state index contributed by atoms with van der Waals surface area (Å²) in [6.45, 7) is 8.24. The number of nitrogens with zero attached hydrogens (tertiary/aromatic N) is 2. The van der Waals surface area contributed by atoms with Gasteiger partial charge in [0.05, 0.1) is 28.5 Å². The van der Waals surface area contributed by atoms with Gasteiger partial charge in [-0.15, -0.1) is 0 Å². The first-order valence-electron chi connectivity index (χ1n) is 13.6. The number of aromatic nitrogens is 1. The molecule has 0 fully saturated rings. The fraction of sp³-hybridized carbons (Fsp3) is 0.242. The molecule has 1 aromatic heterocycles. The summed E-state index contributed by atoms with van der Waals surface area (Å²) in [6.07, 6.45) is 1.80. The molecule has 1 atom stereocenters. The lowest BCUT2D eigenvalue weighted by atomic mass is 9.93. The second-order valence-corrected chi connectivity index (χ2v) is 12.0. The first-order chi connectivity index (χ1) is 20.2. The van der Waals surface area contributed by atoms with Crippen molar-refractivity contribution in [3.63, 3.8) is 0 Å². The third-order valence-electron chi connectivity index (χ3n) is 7.04. The van der Waals surface area contributed by atoms with Crippen LogP contribution in [0.5, 0.6) is 5.75 Å². The average Bonchev–Trinajstić information content (AvgIpc) is 3.26. The number of allylic oxidation sites excluding steroid dienone is 1. The Bertz CT molecular complexity index is 1860. The quantitative estimate of drug-likeness (QED) is 0.203. The molecule has 0 bridgehead atoms. The third kappa shape index (κ3) is 6.09. The summed E-state index contributed by atoms with van der Waals surface area (Å²) >= 11 is 13.6. The SMILES string of the molecule is CCOC(=O)C1=C(C)N=c2s/c(=C\c3ccccc3OCc3ccc(Cl)cc3Cl)c(=O)n2[C@@H]1c1ccc(C(C)C)cc1. The number of carbonyl (C=O) groups excluding carboxylic acids is 1. The minimum absolute atomic E-state index is 0.219. The molecule has 3 aromatic carbocycles. The van der Waals surface area contributed by atoms with E-state index in [4.69, 9.17) is 32.7 Å². The molecule has 0 N–H and O–H groups in total. The van der Waals surface area contributed by atoms with E-state index in [1.807, 2.05) is 54.6 Å². The normalized spacial score (nSPS) is 15.0. The maximum absolute atomic E-state index is 14.0. The summed E-state index contributed by atoms with van der Waals surface area (Å²) < 4.78 is 13.6. The van der Waals surface area contributed by atoms with E-state index in [1.165, 1.54) is 16.9 Å². The van der Waals surface area contributed by atoms with Crippen molar-refractivity contribution in [2.24, 2.45) is 4.99 Å².